The van der Waals surface area contributed by atoms with Crippen LogP contribution in [0.15, 0.2) is 29.3 Å². The quantitative estimate of drug-likeness (QED) is 0.868. The van der Waals surface area contributed by atoms with Crippen LogP contribution in [0.4, 0.5) is 5.82 Å². The van der Waals surface area contributed by atoms with Crippen LogP contribution in [-0.4, -0.2) is 25.2 Å². The molecule has 0 amide bonds. The topological polar surface area (TPSA) is 76.0 Å². The Balaban J connectivity index is 2.42. The zero-order valence-electron chi connectivity index (χ0n) is 11.4. The smallest absolute Gasteiger partial charge is 0.264 e. The third-order valence-electron chi connectivity index (χ3n) is 2.75. The predicted octanol–water partition coefficient (Wildman–Crippen LogP) is 2.25. The number of aryl methyl sites for hydroxylation is 1. The molecule has 1 aromatic carbocycles. The van der Waals surface area contributed by atoms with Gasteiger partial charge < -0.3 is 5.32 Å². The van der Waals surface area contributed by atoms with Gasteiger partial charge in [0.25, 0.3) is 10.0 Å². The summed E-state index contributed by atoms with van der Waals surface area (Å²) < 4.78 is 28.7. The van der Waals surface area contributed by atoms with Crippen LogP contribution in [0.3, 0.4) is 0 Å². The number of hydrogen-bond acceptors (Lipinski definition) is 4. The van der Waals surface area contributed by atoms with Crippen molar-refractivity contribution >= 4 is 39.0 Å². The minimum Gasteiger partial charge on any atom is -0.316 e. The largest absolute Gasteiger partial charge is 0.316 e. The Labute approximate surface area is 133 Å². The maximum absolute atomic E-state index is 12.4. The zero-order chi connectivity index (χ0) is 15.6. The lowest BCUT2D eigenvalue weighted by atomic mass is 10.2. The van der Waals surface area contributed by atoms with Gasteiger partial charge in [-0.25, -0.2) is 8.42 Å². The normalized spacial score (nSPS) is 11.6. The number of sulfonamides is 1. The molecule has 0 aliphatic carbocycles. The van der Waals surface area contributed by atoms with Crippen molar-refractivity contribution in [2.24, 2.45) is 7.05 Å². The van der Waals surface area contributed by atoms with E-state index in [9.17, 15) is 8.42 Å². The molecule has 9 heteroatoms. The molecule has 0 bridgehead atoms. The first-order valence-corrected chi connectivity index (χ1v) is 8.23. The van der Waals surface area contributed by atoms with E-state index in [4.69, 9.17) is 23.2 Å². The molecule has 0 radical (unpaired) electrons. The average Bonchev–Trinajstić information content (AvgIpc) is 2.78. The summed E-state index contributed by atoms with van der Waals surface area (Å²) in [4.78, 5) is -0.0375. The monoisotopic (exact) mass is 348 g/mol. The van der Waals surface area contributed by atoms with Gasteiger partial charge in [0.15, 0.2) is 5.82 Å². The molecule has 21 heavy (non-hydrogen) atoms. The van der Waals surface area contributed by atoms with Crippen LogP contribution in [0, 0.1) is 0 Å². The Hall–Kier alpha value is -1.28. The molecule has 2 aromatic rings. The molecule has 0 unspecified atom stereocenters. The van der Waals surface area contributed by atoms with Crippen molar-refractivity contribution in [2.75, 3.05) is 11.8 Å². The van der Waals surface area contributed by atoms with Gasteiger partial charge in [0.05, 0.1) is 5.02 Å². The number of benzene rings is 1. The van der Waals surface area contributed by atoms with Gasteiger partial charge in [-0.2, -0.15) is 5.10 Å². The summed E-state index contributed by atoms with van der Waals surface area (Å²) in [5.74, 6) is 0.221. The highest BCUT2D eigenvalue weighted by molar-refractivity contribution is 7.92. The van der Waals surface area contributed by atoms with Crippen LogP contribution in [-0.2, 0) is 23.6 Å². The van der Waals surface area contributed by atoms with Crippen molar-refractivity contribution in [3.05, 3.63) is 40.0 Å². The number of halogens is 2. The summed E-state index contributed by atoms with van der Waals surface area (Å²) in [6.45, 7) is 0.366. The molecule has 2 N–H and O–H groups in total. The van der Waals surface area contributed by atoms with Crippen molar-refractivity contribution in [3.8, 4) is 0 Å². The van der Waals surface area contributed by atoms with E-state index in [2.05, 4.69) is 15.1 Å². The molecule has 0 saturated heterocycles. The van der Waals surface area contributed by atoms with Crippen LogP contribution in [0.5, 0.6) is 0 Å². The number of anilines is 1. The lowest BCUT2D eigenvalue weighted by Gasteiger charge is -2.12. The Kier molecular flexibility index (Phi) is 4.77. The molecule has 0 atom stereocenters. The van der Waals surface area contributed by atoms with Crippen molar-refractivity contribution in [1.29, 1.82) is 0 Å². The average molecular weight is 349 g/mol. The van der Waals surface area contributed by atoms with Gasteiger partial charge in [0.1, 0.15) is 4.90 Å². The fourth-order valence-electron chi connectivity index (χ4n) is 1.78. The minimum atomic E-state index is -3.83. The molecule has 1 aromatic heterocycles. The number of nitrogens with one attached hydrogen (secondary N) is 2. The highest BCUT2D eigenvalue weighted by Gasteiger charge is 2.22. The summed E-state index contributed by atoms with van der Waals surface area (Å²) in [5, 5.41) is 7.38. The van der Waals surface area contributed by atoms with Gasteiger partial charge in [0, 0.05) is 36.4 Å². The maximum atomic E-state index is 12.4. The van der Waals surface area contributed by atoms with Gasteiger partial charge in [-0.3, -0.25) is 9.40 Å². The Morgan fingerprint density at radius 1 is 1.29 bits per heavy atom. The third kappa shape index (κ3) is 3.49. The summed E-state index contributed by atoms with van der Waals surface area (Å²) in [6, 6.07) is 4.43. The molecule has 0 aliphatic rings. The Bertz CT molecular complexity index is 759. The van der Waals surface area contributed by atoms with E-state index < -0.39 is 10.0 Å². The molecule has 6 nitrogen and oxygen atoms in total. The summed E-state index contributed by atoms with van der Waals surface area (Å²) >= 11 is 12.2. The molecule has 1 heterocycles. The molecule has 0 fully saturated rings. The minimum absolute atomic E-state index is 0.0375. The molecule has 2 rings (SSSR count). The highest BCUT2D eigenvalue weighted by atomic mass is 35.5. The molecule has 0 saturated carbocycles. The van der Waals surface area contributed by atoms with Crippen molar-refractivity contribution in [3.63, 3.8) is 0 Å². The SMILES string of the molecule is CNCc1c(Cl)ccc(S(=O)(=O)Nc2ccn(C)n2)c1Cl. The fourth-order valence-corrected chi connectivity index (χ4v) is 3.69. The predicted molar refractivity (Wildman–Crippen MR) is 83.2 cm³/mol. The van der Waals surface area contributed by atoms with E-state index in [0.29, 0.717) is 17.1 Å². The van der Waals surface area contributed by atoms with Gasteiger partial charge in [-0.1, -0.05) is 23.2 Å². The molecular formula is C12H14Cl2N4O2S. The second kappa shape index (κ2) is 6.23. The van der Waals surface area contributed by atoms with E-state index in [0.717, 1.165) is 0 Å². The van der Waals surface area contributed by atoms with E-state index >= 15 is 0 Å². The van der Waals surface area contributed by atoms with Crippen molar-refractivity contribution in [2.45, 2.75) is 11.4 Å². The summed E-state index contributed by atoms with van der Waals surface area (Å²) in [5.41, 5.74) is 0.532. The van der Waals surface area contributed by atoms with Crippen LogP contribution in [0.2, 0.25) is 10.0 Å². The van der Waals surface area contributed by atoms with Crippen LogP contribution < -0.4 is 10.0 Å². The van der Waals surface area contributed by atoms with E-state index in [-0.39, 0.29) is 15.7 Å². The molecular weight excluding hydrogens is 335 g/mol. The summed E-state index contributed by atoms with van der Waals surface area (Å²) in [6.07, 6.45) is 1.63. The maximum Gasteiger partial charge on any atom is 0.264 e. The fraction of sp³-hybridized carbons (Fsp3) is 0.250. The Morgan fingerprint density at radius 3 is 2.57 bits per heavy atom. The first-order valence-electron chi connectivity index (χ1n) is 5.99. The van der Waals surface area contributed by atoms with E-state index in [1.807, 2.05) is 0 Å². The van der Waals surface area contributed by atoms with Gasteiger partial charge in [-0.05, 0) is 19.2 Å². The standard InChI is InChI=1S/C12H14Cl2N4O2S/c1-15-7-8-9(13)3-4-10(12(8)14)21(19,20)17-11-5-6-18(2)16-11/h3-6,15H,7H2,1-2H3,(H,16,17). The highest BCUT2D eigenvalue weighted by Crippen LogP contribution is 2.31. The zero-order valence-corrected chi connectivity index (χ0v) is 13.7. The lowest BCUT2D eigenvalue weighted by molar-refractivity contribution is 0.600. The number of nitrogens with zero attached hydrogens (tertiary/aromatic N) is 2. The second-order valence-corrected chi connectivity index (χ2v) is 6.78. The van der Waals surface area contributed by atoms with Crippen molar-refractivity contribution in [1.82, 2.24) is 15.1 Å². The van der Waals surface area contributed by atoms with Crippen LogP contribution in [0.1, 0.15) is 5.56 Å². The van der Waals surface area contributed by atoms with Gasteiger partial charge in [0.2, 0.25) is 0 Å². The number of aromatic nitrogens is 2. The summed E-state index contributed by atoms with van der Waals surface area (Å²) in [7, 11) is -0.418. The molecule has 114 valence electrons. The van der Waals surface area contributed by atoms with E-state index in [1.165, 1.54) is 16.8 Å². The third-order valence-corrected chi connectivity index (χ3v) is 5.04. The van der Waals surface area contributed by atoms with Gasteiger partial charge >= 0.3 is 0 Å². The first-order chi connectivity index (χ1) is 9.85. The number of rotatable bonds is 5. The Morgan fingerprint density at radius 2 is 2.00 bits per heavy atom. The lowest BCUT2D eigenvalue weighted by Crippen LogP contribution is -2.16. The van der Waals surface area contributed by atoms with Crippen LogP contribution in [0.25, 0.3) is 0 Å². The van der Waals surface area contributed by atoms with Gasteiger partial charge in [-0.15, -0.1) is 0 Å². The first kappa shape index (κ1) is 16.1. The van der Waals surface area contributed by atoms with E-state index in [1.54, 1.807) is 26.4 Å². The molecule has 0 aliphatic heterocycles. The number of hydrogen-bond donors (Lipinski definition) is 2. The van der Waals surface area contributed by atoms with Crippen molar-refractivity contribution < 1.29 is 8.42 Å². The van der Waals surface area contributed by atoms with Crippen LogP contribution >= 0.6 is 23.2 Å². The second-order valence-electron chi connectivity index (χ2n) is 4.35. The molecule has 0 spiro atoms.